The number of urea groups is 1. The van der Waals surface area contributed by atoms with Crippen molar-refractivity contribution in [3.63, 3.8) is 0 Å². The van der Waals surface area contributed by atoms with Gasteiger partial charge in [-0.15, -0.1) is 0 Å². The molecule has 1 aliphatic heterocycles. The number of carbonyl (C=O) groups excluding carboxylic acids is 1. The largest absolute Gasteiger partial charge is 0.391 e. The van der Waals surface area contributed by atoms with Crippen LogP contribution in [0.5, 0.6) is 0 Å². The number of nitrogens with one attached hydrogen (secondary N) is 1. The summed E-state index contributed by atoms with van der Waals surface area (Å²) in [6, 6.07) is 5.92. The van der Waals surface area contributed by atoms with E-state index in [4.69, 9.17) is 0 Å². The Bertz CT molecular complexity index is 531. The summed E-state index contributed by atoms with van der Waals surface area (Å²) in [5, 5.41) is 12.6. The van der Waals surface area contributed by atoms with E-state index in [0.717, 1.165) is 12.8 Å². The minimum absolute atomic E-state index is 0.0714. The molecular formula is C17H23FN2O2. The first-order valence-corrected chi connectivity index (χ1v) is 8.15. The van der Waals surface area contributed by atoms with Crippen LogP contribution in [0.1, 0.15) is 38.5 Å². The average molecular weight is 306 g/mol. The Balaban J connectivity index is 1.70. The second kappa shape index (κ2) is 6.65. The molecule has 120 valence electrons. The van der Waals surface area contributed by atoms with Crippen molar-refractivity contribution in [3.05, 3.63) is 30.1 Å². The minimum atomic E-state index is -0.474. The monoisotopic (exact) mass is 306 g/mol. The van der Waals surface area contributed by atoms with Crippen LogP contribution in [0.15, 0.2) is 24.3 Å². The summed E-state index contributed by atoms with van der Waals surface area (Å²) < 4.78 is 13.7. The maximum Gasteiger partial charge on any atom is 0.322 e. The number of rotatable bonds is 2. The lowest BCUT2D eigenvalue weighted by Crippen LogP contribution is -2.43. The number of β-amino-alcohol motifs (C(OH)–C–C–N with tert-alkyl or cyclic N) is 1. The molecule has 2 amide bonds. The molecule has 1 saturated heterocycles. The van der Waals surface area contributed by atoms with Crippen LogP contribution in [0.25, 0.3) is 0 Å². The molecule has 22 heavy (non-hydrogen) atoms. The van der Waals surface area contributed by atoms with Crippen LogP contribution in [0.4, 0.5) is 14.9 Å². The van der Waals surface area contributed by atoms with Gasteiger partial charge in [-0.05, 0) is 37.3 Å². The molecule has 2 fully saturated rings. The van der Waals surface area contributed by atoms with Gasteiger partial charge in [0, 0.05) is 12.6 Å². The van der Waals surface area contributed by atoms with Crippen molar-refractivity contribution < 1.29 is 14.3 Å². The molecule has 0 spiro atoms. The summed E-state index contributed by atoms with van der Waals surface area (Å²) >= 11 is 0. The molecule has 1 aromatic carbocycles. The molecule has 4 nitrogen and oxygen atoms in total. The van der Waals surface area contributed by atoms with Crippen LogP contribution < -0.4 is 5.32 Å². The zero-order valence-electron chi connectivity index (χ0n) is 12.7. The van der Waals surface area contributed by atoms with Crippen LogP contribution in [0.3, 0.4) is 0 Å². The fourth-order valence-corrected chi connectivity index (χ4v) is 3.79. The number of aliphatic hydroxyl groups is 1. The van der Waals surface area contributed by atoms with Crippen molar-refractivity contribution in [1.82, 2.24) is 4.90 Å². The first-order chi connectivity index (χ1) is 10.6. The summed E-state index contributed by atoms with van der Waals surface area (Å²) in [4.78, 5) is 14.2. The van der Waals surface area contributed by atoms with Gasteiger partial charge in [-0.3, -0.25) is 0 Å². The SMILES string of the molecule is O=C(Nc1ccccc1F)N1C[C@@H](O)C[C@@H]1C1CCCCC1. The summed E-state index contributed by atoms with van der Waals surface area (Å²) in [7, 11) is 0. The van der Waals surface area contributed by atoms with Gasteiger partial charge in [0.25, 0.3) is 0 Å². The van der Waals surface area contributed by atoms with Gasteiger partial charge in [-0.25, -0.2) is 9.18 Å². The number of halogens is 1. The second-order valence-electron chi connectivity index (χ2n) is 6.42. The number of amides is 2. The predicted octanol–water partition coefficient (Wildman–Crippen LogP) is 3.37. The molecule has 2 atom stereocenters. The highest BCUT2D eigenvalue weighted by Crippen LogP contribution is 2.34. The van der Waals surface area contributed by atoms with Crippen molar-refractivity contribution in [2.45, 2.75) is 50.7 Å². The normalized spacial score (nSPS) is 26.2. The Kier molecular flexibility index (Phi) is 4.62. The lowest BCUT2D eigenvalue weighted by Gasteiger charge is -2.33. The van der Waals surface area contributed by atoms with Crippen LogP contribution >= 0.6 is 0 Å². The van der Waals surface area contributed by atoms with E-state index in [2.05, 4.69) is 5.32 Å². The van der Waals surface area contributed by atoms with Gasteiger partial charge >= 0.3 is 6.03 Å². The van der Waals surface area contributed by atoms with Crippen LogP contribution in [-0.2, 0) is 0 Å². The number of aliphatic hydroxyl groups excluding tert-OH is 1. The first-order valence-electron chi connectivity index (χ1n) is 8.15. The Morgan fingerprint density at radius 2 is 1.95 bits per heavy atom. The van der Waals surface area contributed by atoms with Gasteiger partial charge in [0.15, 0.2) is 0 Å². The third-order valence-electron chi connectivity index (χ3n) is 4.89. The second-order valence-corrected chi connectivity index (χ2v) is 6.42. The number of hydrogen-bond donors (Lipinski definition) is 2. The topological polar surface area (TPSA) is 52.6 Å². The van der Waals surface area contributed by atoms with E-state index in [0.29, 0.717) is 18.9 Å². The summed E-state index contributed by atoms with van der Waals surface area (Å²) in [6.45, 7) is 0.335. The standard InChI is InChI=1S/C17H23FN2O2/c18-14-8-4-5-9-15(14)19-17(22)20-11-13(21)10-16(20)12-6-2-1-3-7-12/h4-5,8-9,12-13,16,21H,1-3,6-7,10-11H2,(H,19,22)/t13-,16+/m0/s1. The molecule has 0 aromatic heterocycles. The molecule has 1 saturated carbocycles. The molecule has 0 unspecified atom stereocenters. The van der Waals surface area contributed by atoms with E-state index in [1.54, 1.807) is 23.1 Å². The predicted molar refractivity (Wildman–Crippen MR) is 83.1 cm³/mol. The van der Waals surface area contributed by atoms with Crippen LogP contribution in [0.2, 0.25) is 0 Å². The molecule has 0 radical (unpaired) electrons. The number of benzene rings is 1. The lowest BCUT2D eigenvalue weighted by molar-refractivity contribution is 0.164. The van der Waals surface area contributed by atoms with E-state index < -0.39 is 11.9 Å². The number of para-hydroxylation sites is 1. The fourth-order valence-electron chi connectivity index (χ4n) is 3.79. The highest BCUT2D eigenvalue weighted by atomic mass is 19.1. The molecule has 2 N–H and O–H groups in total. The average Bonchev–Trinajstić information content (AvgIpc) is 2.92. The zero-order chi connectivity index (χ0) is 15.5. The number of nitrogens with zero attached hydrogens (tertiary/aromatic N) is 1. The van der Waals surface area contributed by atoms with E-state index in [9.17, 15) is 14.3 Å². The Labute approximate surface area is 130 Å². The smallest absolute Gasteiger partial charge is 0.322 e. The summed E-state index contributed by atoms with van der Waals surface area (Å²) in [5.41, 5.74) is 0.191. The highest BCUT2D eigenvalue weighted by Gasteiger charge is 2.39. The molecule has 2 aliphatic rings. The van der Waals surface area contributed by atoms with Gasteiger partial charge in [0.2, 0.25) is 0 Å². The van der Waals surface area contributed by atoms with Crippen molar-refractivity contribution in [2.75, 3.05) is 11.9 Å². The first kappa shape index (κ1) is 15.3. The number of carbonyl (C=O) groups is 1. The number of likely N-dealkylation sites (tertiary alicyclic amines) is 1. The molecule has 1 aromatic rings. The third-order valence-corrected chi connectivity index (χ3v) is 4.89. The van der Waals surface area contributed by atoms with Crippen LogP contribution in [-0.4, -0.2) is 34.7 Å². The van der Waals surface area contributed by atoms with Crippen molar-refractivity contribution in [2.24, 2.45) is 5.92 Å². The van der Waals surface area contributed by atoms with Gasteiger partial charge in [-0.2, -0.15) is 0 Å². The number of hydrogen-bond acceptors (Lipinski definition) is 2. The third kappa shape index (κ3) is 3.24. The molecule has 1 heterocycles. The highest BCUT2D eigenvalue weighted by molar-refractivity contribution is 5.89. The Hall–Kier alpha value is -1.62. The maximum atomic E-state index is 13.7. The maximum absolute atomic E-state index is 13.7. The van der Waals surface area contributed by atoms with E-state index in [1.807, 2.05) is 0 Å². The lowest BCUT2D eigenvalue weighted by atomic mass is 9.83. The molecule has 5 heteroatoms. The fraction of sp³-hybridized carbons (Fsp3) is 0.588. The van der Waals surface area contributed by atoms with Gasteiger partial charge in [-0.1, -0.05) is 31.4 Å². The summed E-state index contributed by atoms with van der Waals surface area (Å²) in [6.07, 6.45) is 6.03. The molecule has 0 bridgehead atoms. The van der Waals surface area contributed by atoms with Crippen molar-refractivity contribution >= 4 is 11.7 Å². The van der Waals surface area contributed by atoms with Crippen molar-refractivity contribution in [3.8, 4) is 0 Å². The van der Waals surface area contributed by atoms with Gasteiger partial charge in [0.1, 0.15) is 5.82 Å². The van der Waals surface area contributed by atoms with Gasteiger partial charge < -0.3 is 15.3 Å². The summed E-state index contributed by atoms with van der Waals surface area (Å²) in [5.74, 6) is 0.0158. The van der Waals surface area contributed by atoms with E-state index in [1.165, 1.54) is 25.3 Å². The number of anilines is 1. The van der Waals surface area contributed by atoms with Gasteiger partial charge in [0.05, 0.1) is 11.8 Å². The van der Waals surface area contributed by atoms with Crippen molar-refractivity contribution in [1.29, 1.82) is 0 Å². The Morgan fingerprint density at radius 1 is 1.23 bits per heavy atom. The zero-order valence-corrected chi connectivity index (χ0v) is 12.7. The molecular weight excluding hydrogens is 283 g/mol. The molecule has 1 aliphatic carbocycles. The van der Waals surface area contributed by atoms with E-state index in [-0.39, 0.29) is 17.8 Å². The van der Waals surface area contributed by atoms with Crippen LogP contribution in [0, 0.1) is 11.7 Å². The quantitative estimate of drug-likeness (QED) is 0.880. The Morgan fingerprint density at radius 3 is 2.68 bits per heavy atom. The van der Waals surface area contributed by atoms with E-state index >= 15 is 0 Å². The minimum Gasteiger partial charge on any atom is -0.391 e. The molecule has 3 rings (SSSR count).